The molecule has 3 rings (SSSR count). The van der Waals surface area contributed by atoms with Gasteiger partial charge in [-0.2, -0.15) is 0 Å². The Balaban J connectivity index is 1.55. The molecular weight excluding hydrogens is 394 g/mol. The lowest BCUT2D eigenvalue weighted by molar-refractivity contribution is -0.148. The SMILES string of the molecule is COc1cc(/C=C/C(=O)OCC(=O)N2CCc3ccccc3C2)cc(Cl)c1OC. The zero-order valence-electron chi connectivity index (χ0n) is 16.3. The van der Waals surface area contributed by atoms with Crippen LogP contribution in [0, 0.1) is 0 Å². The number of nitrogens with zero attached hydrogens (tertiary/aromatic N) is 1. The summed E-state index contributed by atoms with van der Waals surface area (Å²) in [6.45, 7) is 0.859. The van der Waals surface area contributed by atoms with Crippen LogP contribution in [0.3, 0.4) is 0 Å². The first kappa shape index (κ1) is 20.7. The number of halogens is 1. The summed E-state index contributed by atoms with van der Waals surface area (Å²) in [6.07, 6.45) is 3.59. The van der Waals surface area contributed by atoms with Gasteiger partial charge in [0.05, 0.1) is 19.2 Å². The first-order valence-corrected chi connectivity index (χ1v) is 9.50. The van der Waals surface area contributed by atoms with Gasteiger partial charge in [0, 0.05) is 19.2 Å². The maximum atomic E-state index is 12.4. The normalized spacial score (nSPS) is 13.1. The van der Waals surface area contributed by atoms with Crippen molar-refractivity contribution in [1.29, 1.82) is 0 Å². The fraction of sp³-hybridized carbons (Fsp3) is 0.273. The smallest absolute Gasteiger partial charge is 0.331 e. The predicted octanol–water partition coefficient (Wildman–Crippen LogP) is 3.50. The number of methoxy groups -OCH3 is 2. The molecule has 2 aromatic rings. The summed E-state index contributed by atoms with van der Waals surface area (Å²) in [6, 6.07) is 11.4. The second-order valence-electron chi connectivity index (χ2n) is 6.51. The van der Waals surface area contributed by atoms with Crippen LogP contribution in [0.4, 0.5) is 0 Å². The minimum absolute atomic E-state index is 0.213. The molecule has 1 aliphatic heterocycles. The Bertz CT molecular complexity index is 941. The third-order valence-corrected chi connectivity index (χ3v) is 4.97. The van der Waals surface area contributed by atoms with Crippen molar-refractivity contribution in [2.45, 2.75) is 13.0 Å². The third kappa shape index (κ3) is 5.09. The highest BCUT2D eigenvalue weighted by molar-refractivity contribution is 6.32. The van der Waals surface area contributed by atoms with Gasteiger partial charge in [0.15, 0.2) is 18.1 Å². The van der Waals surface area contributed by atoms with Gasteiger partial charge in [0.25, 0.3) is 5.91 Å². The maximum absolute atomic E-state index is 12.4. The van der Waals surface area contributed by atoms with Gasteiger partial charge in [-0.05, 0) is 41.3 Å². The number of hydrogen-bond acceptors (Lipinski definition) is 5. The van der Waals surface area contributed by atoms with E-state index in [2.05, 4.69) is 6.07 Å². The number of benzene rings is 2. The van der Waals surface area contributed by atoms with Gasteiger partial charge >= 0.3 is 5.97 Å². The summed E-state index contributed by atoms with van der Waals surface area (Å²) in [4.78, 5) is 26.1. The van der Waals surface area contributed by atoms with Crippen molar-refractivity contribution >= 4 is 29.6 Å². The van der Waals surface area contributed by atoms with Crippen LogP contribution >= 0.6 is 11.6 Å². The van der Waals surface area contributed by atoms with Crippen molar-refractivity contribution in [3.63, 3.8) is 0 Å². The molecule has 1 aliphatic rings. The van der Waals surface area contributed by atoms with E-state index in [1.54, 1.807) is 17.0 Å². The Morgan fingerprint density at radius 1 is 1.14 bits per heavy atom. The molecular formula is C22H22ClNO5. The van der Waals surface area contributed by atoms with Crippen molar-refractivity contribution in [2.24, 2.45) is 0 Å². The number of hydrogen-bond donors (Lipinski definition) is 0. The number of carbonyl (C=O) groups is 2. The van der Waals surface area contributed by atoms with E-state index in [0.717, 1.165) is 12.0 Å². The van der Waals surface area contributed by atoms with Crippen LogP contribution in [0.15, 0.2) is 42.5 Å². The maximum Gasteiger partial charge on any atom is 0.331 e. The summed E-state index contributed by atoms with van der Waals surface area (Å²) in [5.41, 5.74) is 3.03. The van der Waals surface area contributed by atoms with Gasteiger partial charge in [-0.3, -0.25) is 4.79 Å². The van der Waals surface area contributed by atoms with Gasteiger partial charge in [-0.15, -0.1) is 0 Å². The third-order valence-electron chi connectivity index (χ3n) is 4.69. The van der Waals surface area contributed by atoms with E-state index >= 15 is 0 Å². The fourth-order valence-electron chi connectivity index (χ4n) is 3.18. The van der Waals surface area contributed by atoms with E-state index in [0.29, 0.717) is 35.2 Å². The number of rotatable bonds is 6. The topological polar surface area (TPSA) is 65.1 Å². The van der Waals surface area contributed by atoms with Crippen molar-refractivity contribution in [1.82, 2.24) is 4.90 Å². The van der Waals surface area contributed by atoms with Crippen molar-refractivity contribution < 1.29 is 23.8 Å². The Morgan fingerprint density at radius 2 is 1.90 bits per heavy atom. The number of amides is 1. The monoisotopic (exact) mass is 415 g/mol. The molecule has 0 saturated carbocycles. The van der Waals surface area contributed by atoms with E-state index in [1.807, 2.05) is 18.2 Å². The molecule has 6 nitrogen and oxygen atoms in total. The molecule has 0 aromatic heterocycles. The first-order valence-electron chi connectivity index (χ1n) is 9.12. The number of fused-ring (bicyclic) bond motifs is 1. The van der Waals surface area contributed by atoms with Crippen LogP contribution in [0.25, 0.3) is 6.08 Å². The largest absolute Gasteiger partial charge is 0.493 e. The molecule has 0 atom stereocenters. The molecule has 0 fully saturated rings. The second-order valence-corrected chi connectivity index (χ2v) is 6.92. The summed E-state index contributed by atoms with van der Waals surface area (Å²) < 4.78 is 15.5. The van der Waals surface area contributed by atoms with Crippen LogP contribution < -0.4 is 9.47 Å². The molecule has 7 heteroatoms. The van der Waals surface area contributed by atoms with E-state index in [-0.39, 0.29) is 12.5 Å². The first-order chi connectivity index (χ1) is 14.0. The second kappa shape index (κ2) is 9.47. The lowest BCUT2D eigenvalue weighted by atomic mass is 10.00. The summed E-state index contributed by atoms with van der Waals surface area (Å²) in [5, 5.41) is 0.362. The van der Waals surface area contributed by atoms with E-state index in [9.17, 15) is 9.59 Å². The minimum Gasteiger partial charge on any atom is -0.493 e. The minimum atomic E-state index is -0.610. The summed E-state index contributed by atoms with van der Waals surface area (Å²) in [7, 11) is 3.00. The van der Waals surface area contributed by atoms with Crippen LogP contribution in [-0.2, 0) is 27.3 Å². The molecule has 29 heavy (non-hydrogen) atoms. The summed E-state index contributed by atoms with van der Waals surface area (Å²) in [5.74, 6) is 0.0493. The van der Waals surface area contributed by atoms with E-state index in [1.165, 1.54) is 31.9 Å². The molecule has 1 heterocycles. The lowest BCUT2D eigenvalue weighted by Gasteiger charge is -2.28. The summed E-state index contributed by atoms with van der Waals surface area (Å²) >= 11 is 6.15. The van der Waals surface area contributed by atoms with Gasteiger partial charge in [-0.1, -0.05) is 35.9 Å². The number of ether oxygens (including phenoxy) is 3. The van der Waals surface area contributed by atoms with Crippen LogP contribution in [0.5, 0.6) is 11.5 Å². The van der Waals surface area contributed by atoms with Gasteiger partial charge in [0.1, 0.15) is 0 Å². The highest BCUT2D eigenvalue weighted by Gasteiger charge is 2.21. The molecule has 0 spiro atoms. The molecule has 0 bridgehead atoms. The molecule has 0 aliphatic carbocycles. The zero-order valence-corrected chi connectivity index (χ0v) is 17.1. The average Bonchev–Trinajstić information content (AvgIpc) is 2.75. The molecule has 1 amide bonds. The van der Waals surface area contributed by atoms with E-state index < -0.39 is 5.97 Å². The van der Waals surface area contributed by atoms with Crippen molar-refractivity contribution in [3.8, 4) is 11.5 Å². The quantitative estimate of drug-likeness (QED) is 0.533. The van der Waals surface area contributed by atoms with Gasteiger partial charge in [-0.25, -0.2) is 4.79 Å². The van der Waals surface area contributed by atoms with Crippen molar-refractivity contribution in [2.75, 3.05) is 27.4 Å². The molecule has 0 radical (unpaired) electrons. The standard InChI is InChI=1S/C22H22ClNO5/c1-27-19-12-15(11-18(23)22(19)28-2)7-8-21(26)29-14-20(25)24-10-9-16-5-3-4-6-17(16)13-24/h3-8,11-12H,9-10,13-14H2,1-2H3/b8-7+. The van der Waals surface area contributed by atoms with Gasteiger partial charge < -0.3 is 19.1 Å². The Kier molecular flexibility index (Phi) is 6.77. The highest BCUT2D eigenvalue weighted by atomic mass is 35.5. The van der Waals surface area contributed by atoms with Crippen molar-refractivity contribution in [3.05, 3.63) is 64.2 Å². The van der Waals surface area contributed by atoms with Crippen LogP contribution in [0.1, 0.15) is 16.7 Å². The lowest BCUT2D eigenvalue weighted by Crippen LogP contribution is -2.38. The zero-order chi connectivity index (χ0) is 20.8. The van der Waals surface area contributed by atoms with E-state index in [4.69, 9.17) is 25.8 Å². The molecule has 0 N–H and O–H groups in total. The number of carbonyl (C=O) groups excluding carboxylic acids is 2. The van der Waals surface area contributed by atoms with Crippen LogP contribution in [-0.4, -0.2) is 44.1 Å². The number of esters is 1. The average molecular weight is 416 g/mol. The molecule has 152 valence electrons. The predicted molar refractivity (Wildman–Crippen MR) is 110 cm³/mol. The molecule has 2 aromatic carbocycles. The molecule has 0 unspecified atom stereocenters. The van der Waals surface area contributed by atoms with Crippen LogP contribution in [0.2, 0.25) is 5.02 Å². The highest BCUT2D eigenvalue weighted by Crippen LogP contribution is 2.36. The Morgan fingerprint density at radius 3 is 2.62 bits per heavy atom. The Labute approximate surface area is 174 Å². The fourth-order valence-corrected chi connectivity index (χ4v) is 3.48. The Hall–Kier alpha value is -2.99. The molecule has 0 saturated heterocycles. The van der Waals surface area contributed by atoms with Gasteiger partial charge in [0.2, 0.25) is 0 Å².